The summed E-state index contributed by atoms with van der Waals surface area (Å²) < 4.78 is 5.01. The van der Waals surface area contributed by atoms with Crippen LogP contribution in [0.15, 0.2) is 59.4 Å². The van der Waals surface area contributed by atoms with Crippen LogP contribution in [-0.4, -0.2) is 17.0 Å². The normalized spacial score (nSPS) is 19.7. The molecule has 1 aromatic heterocycles. The molecule has 6 nitrogen and oxygen atoms in total. The van der Waals surface area contributed by atoms with Gasteiger partial charge in [0.1, 0.15) is 0 Å². The fourth-order valence-electron chi connectivity index (χ4n) is 3.02. The van der Waals surface area contributed by atoms with Crippen LogP contribution < -0.4 is 10.9 Å². The Kier molecular flexibility index (Phi) is 3.21. The summed E-state index contributed by atoms with van der Waals surface area (Å²) >= 11 is 0. The van der Waals surface area contributed by atoms with Gasteiger partial charge in [0, 0.05) is 5.69 Å². The molecule has 25 heavy (non-hydrogen) atoms. The van der Waals surface area contributed by atoms with Crippen LogP contribution in [0.4, 0.5) is 4.79 Å². The number of nitrogens with one attached hydrogen (secondary N) is 2. The number of hydrogen-bond acceptors (Lipinski definition) is 4. The molecule has 0 aliphatic carbocycles. The first-order chi connectivity index (χ1) is 12.0. The zero-order valence-corrected chi connectivity index (χ0v) is 13.3. The van der Waals surface area contributed by atoms with E-state index in [1.54, 1.807) is 6.07 Å². The number of aromatic nitrogens is 1. The van der Waals surface area contributed by atoms with Crippen molar-refractivity contribution in [3.05, 3.63) is 70.5 Å². The lowest BCUT2D eigenvalue weighted by molar-refractivity contribution is -0.130. The summed E-state index contributed by atoms with van der Waals surface area (Å²) in [4.78, 5) is 38.5. The lowest BCUT2D eigenvalue weighted by Crippen LogP contribution is -2.38. The molecule has 0 radical (unpaired) electrons. The van der Waals surface area contributed by atoms with E-state index in [2.05, 4.69) is 4.98 Å². The van der Waals surface area contributed by atoms with Crippen LogP contribution in [0.5, 0.6) is 0 Å². The molecule has 0 saturated carbocycles. The maximum absolute atomic E-state index is 12.5. The number of pyridine rings is 1. The van der Waals surface area contributed by atoms with E-state index in [4.69, 9.17) is 4.74 Å². The van der Waals surface area contributed by atoms with Gasteiger partial charge in [0.25, 0.3) is 11.5 Å². The van der Waals surface area contributed by atoms with Gasteiger partial charge < -0.3 is 9.72 Å². The summed E-state index contributed by atoms with van der Waals surface area (Å²) in [6.07, 6.45) is -0.856. The van der Waals surface area contributed by atoms with Gasteiger partial charge in [-0.3, -0.25) is 14.9 Å². The standard InChI is InChI=1S/C19H14N2O4/c1-19(17(23)21-18(24)25-19)14-8-9-15(20-16(14)22)13-7-6-11-4-2-3-5-12(11)10-13/h2-10H,1H3,(H,20,22)(H,21,23,24). The Morgan fingerprint density at radius 3 is 2.36 bits per heavy atom. The van der Waals surface area contributed by atoms with Crippen LogP contribution in [0.1, 0.15) is 12.5 Å². The third-order valence-corrected chi connectivity index (χ3v) is 4.43. The van der Waals surface area contributed by atoms with Gasteiger partial charge in [0.2, 0.25) is 5.60 Å². The summed E-state index contributed by atoms with van der Waals surface area (Å²) in [5, 5.41) is 4.21. The van der Waals surface area contributed by atoms with Crippen molar-refractivity contribution in [3.63, 3.8) is 0 Å². The van der Waals surface area contributed by atoms with Crippen molar-refractivity contribution in [2.45, 2.75) is 12.5 Å². The summed E-state index contributed by atoms with van der Waals surface area (Å²) in [6.45, 7) is 1.40. The number of cyclic esters (lactones) is 1. The molecule has 2 amide bonds. The second kappa shape index (κ2) is 5.31. The summed E-state index contributed by atoms with van der Waals surface area (Å²) in [7, 11) is 0. The number of imide groups is 1. The summed E-state index contributed by atoms with van der Waals surface area (Å²) in [5.41, 5.74) is -0.543. The van der Waals surface area contributed by atoms with Crippen molar-refractivity contribution in [3.8, 4) is 11.3 Å². The number of carbonyl (C=O) groups is 2. The second-order valence-corrected chi connectivity index (χ2v) is 6.05. The SMILES string of the molecule is CC1(c2ccc(-c3ccc4ccccc4c3)[nH]c2=O)OC(=O)NC1=O. The van der Waals surface area contributed by atoms with E-state index in [1.807, 2.05) is 47.8 Å². The molecule has 1 aliphatic heterocycles. The second-order valence-electron chi connectivity index (χ2n) is 6.05. The Morgan fingerprint density at radius 2 is 1.68 bits per heavy atom. The van der Waals surface area contributed by atoms with E-state index in [0.717, 1.165) is 16.3 Å². The first kappa shape index (κ1) is 15.1. The predicted octanol–water partition coefficient (Wildman–Crippen LogP) is 2.68. The Bertz CT molecular complexity index is 1090. The van der Waals surface area contributed by atoms with Crippen LogP contribution in [0.25, 0.3) is 22.0 Å². The molecule has 4 rings (SSSR count). The maximum atomic E-state index is 12.5. The Labute approximate surface area is 142 Å². The number of carbonyl (C=O) groups excluding carboxylic acids is 2. The van der Waals surface area contributed by atoms with Gasteiger partial charge in [0.05, 0.1) is 5.56 Å². The molecule has 1 unspecified atom stereocenters. The molecule has 3 aromatic rings. The highest BCUT2D eigenvalue weighted by Gasteiger charge is 2.48. The Hall–Kier alpha value is -3.41. The molecule has 1 aliphatic rings. The highest BCUT2D eigenvalue weighted by Crippen LogP contribution is 2.28. The van der Waals surface area contributed by atoms with Crippen molar-refractivity contribution in [2.75, 3.05) is 0 Å². The highest BCUT2D eigenvalue weighted by atomic mass is 16.6. The van der Waals surface area contributed by atoms with Gasteiger partial charge in [-0.05, 0) is 41.5 Å². The number of hydrogen-bond donors (Lipinski definition) is 2. The average molecular weight is 334 g/mol. The quantitative estimate of drug-likeness (QED) is 0.754. The van der Waals surface area contributed by atoms with Crippen LogP contribution in [0.2, 0.25) is 0 Å². The van der Waals surface area contributed by atoms with E-state index >= 15 is 0 Å². The van der Waals surface area contributed by atoms with Gasteiger partial charge >= 0.3 is 6.09 Å². The minimum atomic E-state index is -1.62. The van der Waals surface area contributed by atoms with E-state index in [1.165, 1.54) is 13.0 Å². The molecule has 2 N–H and O–H groups in total. The van der Waals surface area contributed by atoms with Crippen molar-refractivity contribution in [1.29, 1.82) is 0 Å². The van der Waals surface area contributed by atoms with E-state index in [0.29, 0.717) is 5.69 Å². The fraction of sp³-hybridized carbons (Fsp3) is 0.105. The van der Waals surface area contributed by atoms with Crippen LogP contribution in [0, 0.1) is 0 Å². The molecular weight excluding hydrogens is 320 g/mol. The first-order valence-electron chi connectivity index (χ1n) is 7.75. The molecule has 124 valence electrons. The number of ether oxygens (including phenoxy) is 1. The fourth-order valence-corrected chi connectivity index (χ4v) is 3.02. The zero-order chi connectivity index (χ0) is 17.6. The largest absolute Gasteiger partial charge is 0.428 e. The topological polar surface area (TPSA) is 88.3 Å². The molecule has 1 atom stereocenters. The highest BCUT2D eigenvalue weighted by molar-refractivity contribution is 6.03. The number of benzene rings is 2. The average Bonchev–Trinajstić information content (AvgIpc) is 2.87. The van der Waals surface area contributed by atoms with Gasteiger partial charge in [-0.2, -0.15) is 0 Å². The molecular formula is C19H14N2O4. The number of H-pyrrole nitrogens is 1. The smallest absolute Gasteiger partial charge is 0.415 e. The van der Waals surface area contributed by atoms with Crippen LogP contribution in [-0.2, 0) is 15.1 Å². The minimum Gasteiger partial charge on any atom is -0.428 e. The van der Waals surface area contributed by atoms with Gasteiger partial charge in [0.15, 0.2) is 0 Å². The van der Waals surface area contributed by atoms with Crippen molar-refractivity contribution >= 4 is 22.8 Å². The zero-order valence-electron chi connectivity index (χ0n) is 13.3. The lowest BCUT2D eigenvalue weighted by atomic mass is 9.96. The molecule has 2 aromatic carbocycles. The lowest BCUT2D eigenvalue weighted by Gasteiger charge is -2.18. The van der Waals surface area contributed by atoms with E-state index < -0.39 is 23.2 Å². The molecule has 0 spiro atoms. The maximum Gasteiger partial charge on any atom is 0.415 e. The van der Waals surface area contributed by atoms with Crippen LogP contribution in [0.3, 0.4) is 0 Å². The van der Waals surface area contributed by atoms with Gasteiger partial charge in [-0.15, -0.1) is 0 Å². The minimum absolute atomic E-state index is 0.0837. The Morgan fingerprint density at radius 1 is 0.920 bits per heavy atom. The van der Waals surface area contributed by atoms with E-state index in [9.17, 15) is 14.4 Å². The van der Waals surface area contributed by atoms with Crippen molar-refractivity contribution in [1.82, 2.24) is 10.3 Å². The first-order valence-corrected chi connectivity index (χ1v) is 7.75. The van der Waals surface area contributed by atoms with Gasteiger partial charge in [-0.1, -0.05) is 36.4 Å². The Balaban J connectivity index is 1.78. The van der Waals surface area contributed by atoms with Crippen molar-refractivity contribution in [2.24, 2.45) is 0 Å². The number of rotatable bonds is 2. The monoisotopic (exact) mass is 334 g/mol. The number of fused-ring (bicyclic) bond motifs is 1. The molecule has 2 heterocycles. The molecule has 0 bridgehead atoms. The summed E-state index contributed by atoms with van der Waals surface area (Å²) in [6, 6.07) is 17.0. The predicted molar refractivity (Wildman–Crippen MR) is 92.0 cm³/mol. The third-order valence-electron chi connectivity index (χ3n) is 4.43. The van der Waals surface area contributed by atoms with Crippen LogP contribution >= 0.6 is 0 Å². The van der Waals surface area contributed by atoms with E-state index in [-0.39, 0.29) is 5.56 Å². The summed E-state index contributed by atoms with van der Waals surface area (Å²) in [5.74, 6) is -0.651. The number of alkyl carbamates (subject to hydrolysis) is 1. The third kappa shape index (κ3) is 2.39. The number of amides is 2. The van der Waals surface area contributed by atoms with Crippen molar-refractivity contribution < 1.29 is 14.3 Å². The molecule has 6 heteroatoms. The molecule has 1 saturated heterocycles. The molecule has 1 fully saturated rings. The number of aromatic amines is 1. The van der Waals surface area contributed by atoms with Gasteiger partial charge in [-0.25, -0.2) is 4.79 Å².